The molecule has 0 aliphatic rings. The second kappa shape index (κ2) is 6.50. The summed E-state index contributed by atoms with van der Waals surface area (Å²) in [4.78, 5) is 4.62. The van der Waals surface area contributed by atoms with Gasteiger partial charge in [-0.25, -0.2) is 9.67 Å². The Kier molecular flexibility index (Phi) is 5.17. The van der Waals surface area contributed by atoms with Crippen LogP contribution in [0.4, 0.5) is 0 Å². The van der Waals surface area contributed by atoms with Gasteiger partial charge in [0, 0.05) is 28.8 Å². The van der Waals surface area contributed by atoms with Gasteiger partial charge < -0.3 is 4.57 Å². The standard InChI is InChI=1S/C21H37N5/c1-18(2,3)16-13-25(15-22-16)21(9,10)12-11-20(7,8)17-14-26(24-23-17)19(4,5)6/h13-15H,11-12H2,1-10H3. The van der Waals surface area contributed by atoms with Gasteiger partial charge in [0.1, 0.15) is 0 Å². The van der Waals surface area contributed by atoms with Crippen LogP contribution in [0, 0.1) is 0 Å². The van der Waals surface area contributed by atoms with Crippen LogP contribution in [0.25, 0.3) is 0 Å². The lowest BCUT2D eigenvalue weighted by atomic mass is 9.80. The summed E-state index contributed by atoms with van der Waals surface area (Å²) in [6.07, 6.45) is 8.35. The van der Waals surface area contributed by atoms with Crippen LogP contribution in [0.15, 0.2) is 18.7 Å². The van der Waals surface area contributed by atoms with Gasteiger partial charge in [-0.05, 0) is 47.5 Å². The van der Waals surface area contributed by atoms with Crippen molar-refractivity contribution >= 4 is 0 Å². The minimum Gasteiger partial charge on any atom is -0.332 e. The van der Waals surface area contributed by atoms with E-state index in [2.05, 4.69) is 101 Å². The second-order valence-corrected chi connectivity index (χ2v) is 10.8. The summed E-state index contributed by atoms with van der Waals surface area (Å²) in [6.45, 7) is 22.1. The van der Waals surface area contributed by atoms with Gasteiger partial charge in [0.2, 0.25) is 0 Å². The highest BCUT2D eigenvalue weighted by atomic mass is 15.4. The van der Waals surface area contributed by atoms with Crippen molar-refractivity contribution in [3.63, 3.8) is 0 Å². The van der Waals surface area contributed by atoms with Crippen LogP contribution in [0.1, 0.15) is 93.5 Å². The van der Waals surface area contributed by atoms with Gasteiger partial charge in [0.15, 0.2) is 0 Å². The topological polar surface area (TPSA) is 48.5 Å². The summed E-state index contributed by atoms with van der Waals surface area (Å²) in [5, 5.41) is 8.80. The van der Waals surface area contributed by atoms with Gasteiger partial charge in [-0.3, -0.25) is 0 Å². The zero-order chi connectivity index (χ0) is 20.0. The lowest BCUT2D eigenvalue weighted by Crippen LogP contribution is -2.29. The number of nitrogens with zero attached hydrogens (tertiary/aromatic N) is 5. The monoisotopic (exact) mass is 359 g/mol. The highest BCUT2D eigenvalue weighted by Crippen LogP contribution is 2.33. The molecular formula is C21H37N5. The van der Waals surface area contributed by atoms with Crippen molar-refractivity contribution in [1.29, 1.82) is 0 Å². The molecule has 146 valence electrons. The number of aromatic nitrogens is 5. The van der Waals surface area contributed by atoms with Crippen LogP contribution in [0.5, 0.6) is 0 Å². The number of hydrogen-bond donors (Lipinski definition) is 0. The third-order valence-corrected chi connectivity index (χ3v) is 5.29. The Morgan fingerprint density at radius 2 is 1.42 bits per heavy atom. The minimum absolute atomic E-state index is 0.00773. The predicted octanol–water partition coefficient (Wildman–Crippen LogP) is 5.02. The fourth-order valence-electron chi connectivity index (χ4n) is 2.82. The highest BCUT2D eigenvalue weighted by Gasteiger charge is 2.31. The lowest BCUT2D eigenvalue weighted by molar-refractivity contribution is 0.281. The molecule has 0 fully saturated rings. The Balaban J connectivity index is 2.12. The van der Waals surface area contributed by atoms with Gasteiger partial charge in [-0.15, -0.1) is 5.10 Å². The molecule has 5 heteroatoms. The maximum absolute atomic E-state index is 4.62. The molecule has 0 spiro atoms. The lowest BCUT2D eigenvalue weighted by Gasteiger charge is -2.31. The number of hydrogen-bond acceptors (Lipinski definition) is 3. The molecule has 0 amide bonds. The summed E-state index contributed by atoms with van der Waals surface area (Å²) in [6, 6.07) is 0. The zero-order valence-corrected chi connectivity index (χ0v) is 18.4. The first-order valence-corrected chi connectivity index (χ1v) is 9.61. The summed E-state index contributed by atoms with van der Waals surface area (Å²) in [5.74, 6) is 0. The minimum atomic E-state index is -0.0409. The van der Waals surface area contributed by atoms with Crippen LogP contribution in [-0.2, 0) is 21.9 Å². The van der Waals surface area contributed by atoms with E-state index in [4.69, 9.17) is 0 Å². The Morgan fingerprint density at radius 3 is 1.88 bits per heavy atom. The molecule has 2 heterocycles. The van der Waals surface area contributed by atoms with Gasteiger partial charge in [0.25, 0.3) is 0 Å². The molecule has 0 bridgehead atoms. The van der Waals surface area contributed by atoms with E-state index < -0.39 is 0 Å². The first kappa shape index (κ1) is 20.7. The maximum atomic E-state index is 4.62. The van der Waals surface area contributed by atoms with Crippen LogP contribution in [-0.4, -0.2) is 24.5 Å². The molecule has 0 unspecified atom stereocenters. The average Bonchev–Trinajstić information content (AvgIpc) is 3.13. The Hall–Kier alpha value is -1.65. The first-order valence-electron chi connectivity index (χ1n) is 9.61. The second-order valence-electron chi connectivity index (χ2n) is 10.8. The van der Waals surface area contributed by atoms with Crippen molar-refractivity contribution in [2.45, 2.75) is 104 Å². The van der Waals surface area contributed by atoms with Crippen molar-refractivity contribution in [3.05, 3.63) is 30.1 Å². The summed E-state index contributed by atoms with van der Waals surface area (Å²) >= 11 is 0. The quantitative estimate of drug-likeness (QED) is 0.753. The number of imidazole rings is 1. The average molecular weight is 360 g/mol. The molecule has 5 nitrogen and oxygen atoms in total. The van der Waals surface area contributed by atoms with E-state index in [1.165, 1.54) is 0 Å². The Morgan fingerprint density at radius 1 is 0.808 bits per heavy atom. The van der Waals surface area contributed by atoms with Crippen molar-refractivity contribution in [2.75, 3.05) is 0 Å². The van der Waals surface area contributed by atoms with E-state index in [0.717, 1.165) is 24.2 Å². The molecule has 26 heavy (non-hydrogen) atoms. The molecule has 0 saturated heterocycles. The summed E-state index contributed by atoms with van der Waals surface area (Å²) in [5.41, 5.74) is 2.22. The van der Waals surface area contributed by atoms with E-state index in [-0.39, 0.29) is 21.9 Å². The number of rotatable bonds is 5. The SMILES string of the molecule is CC(C)(C)c1cn(C(C)(C)CCC(C)(C)c2cn(C(C)(C)C)nn2)cn1. The normalized spacial score (nSPS) is 14.1. The predicted molar refractivity (Wildman–Crippen MR) is 108 cm³/mol. The van der Waals surface area contributed by atoms with E-state index in [0.29, 0.717) is 0 Å². The molecule has 0 radical (unpaired) electrons. The fraction of sp³-hybridized carbons (Fsp3) is 0.762. The molecule has 2 aromatic heterocycles. The zero-order valence-electron chi connectivity index (χ0n) is 18.4. The van der Waals surface area contributed by atoms with E-state index in [1.807, 2.05) is 11.0 Å². The van der Waals surface area contributed by atoms with E-state index >= 15 is 0 Å². The van der Waals surface area contributed by atoms with Gasteiger partial charge in [0.05, 0.1) is 23.3 Å². The maximum Gasteiger partial charge on any atom is 0.0954 e. The van der Waals surface area contributed by atoms with Crippen LogP contribution in [0.2, 0.25) is 0 Å². The van der Waals surface area contributed by atoms with Crippen molar-refractivity contribution in [3.8, 4) is 0 Å². The van der Waals surface area contributed by atoms with Crippen LogP contribution >= 0.6 is 0 Å². The van der Waals surface area contributed by atoms with Crippen LogP contribution in [0.3, 0.4) is 0 Å². The van der Waals surface area contributed by atoms with E-state index in [1.54, 1.807) is 0 Å². The Bertz CT molecular complexity index is 671. The third kappa shape index (κ3) is 4.54. The molecule has 0 aliphatic heterocycles. The molecule has 0 atom stereocenters. The van der Waals surface area contributed by atoms with Gasteiger partial charge in [-0.1, -0.05) is 39.8 Å². The van der Waals surface area contributed by atoms with Crippen molar-refractivity contribution in [1.82, 2.24) is 24.5 Å². The molecular weight excluding hydrogens is 322 g/mol. The summed E-state index contributed by atoms with van der Waals surface area (Å²) in [7, 11) is 0. The molecule has 0 N–H and O–H groups in total. The fourth-order valence-corrected chi connectivity index (χ4v) is 2.82. The molecule has 0 saturated carbocycles. The molecule has 0 aliphatic carbocycles. The first-order chi connectivity index (χ1) is 11.6. The van der Waals surface area contributed by atoms with Crippen LogP contribution < -0.4 is 0 Å². The molecule has 2 aromatic rings. The Labute approximate surface area is 159 Å². The highest BCUT2D eigenvalue weighted by molar-refractivity contribution is 5.12. The molecule has 2 rings (SSSR count). The van der Waals surface area contributed by atoms with Gasteiger partial charge in [-0.2, -0.15) is 0 Å². The smallest absolute Gasteiger partial charge is 0.0954 e. The summed E-state index contributed by atoms with van der Waals surface area (Å²) < 4.78 is 4.22. The largest absolute Gasteiger partial charge is 0.332 e. The molecule has 0 aromatic carbocycles. The van der Waals surface area contributed by atoms with Gasteiger partial charge >= 0.3 is 0 Å². The van der Waals surface area contributed by atoms with E-state index in [9.17, 15) is 0 Å². The van der Waals surface area contributed by atoms with Crippen molar-refractivity contribution in [2.24, 2.45) is 0 Å². The third-order valence-electron chi connectivity index (χ3n) is 5.29. The van der Waals surface area contributed by atoms with Crippen molar-refractivity contribution < 1.29 is 0 Å².